The lowest BCUT2D eigenvalue weighted by Gasteiger charge is -2.40. The van der Waals surface area contributed by atoms with E-state index >= 15 is 0 Å². The predicted molar refractivity (Wildman–Crippen MR) is 104 cm³/mol. The highest BCUT2D eigenvalue weighted by atomic mass is 16.5. The molecule has 0 N–H and O–H groups in total. The van der Waals surface area contributed by atoms with E-state index in [1.807, 2.05) is 37.3 Å². The van der Waals surface area contributed by atoms with Crippen LogP contribution in [0.2, 0.25) is 0 Å². The first kappa shape index (κ1) is 19.8. The average molecular weight is 373 g/mol. The molecule has 0 radical (unpaired) electrons. The second-order valence-electron chi connectivity index (χ2n) is 7.57. The molecular weight excluding hydrogens is 342 g/mol. The van der Waals surface area contributed by atoms with E-state index in [1.54, 1.807) is 4.90 Å². The number of piperidine rings is 1. The highest BCUT2D eigenvalue weighted by molar-refractivity contribution is 6.02. The van der Waals surface area contributed by atoms with Crippen molar-refractivity contribution in [3.63, 3.8) is 0 Å². The first-order valence-corrected chi connectivity index (χ1v) is 10.0. The lowest BCUT2D eigenvalue weighted by atomic mass is 9.92. The average Bonchev–Trinajstić information content (AvgIpc) is 2.93. The van der Waals surface area contributed by atoms with Crippen molar-refractivity contribution in [2.24, 2.45) is 5.92 Å². The zero-order chi connectivity index (χ0) is 19.2. The highest BCUT2D eigenvalue weighted by Gasteiger charge is 2.43. The Kier molecular flexibility index (Phi) is 6.85. The maximum Gasteiger partial charge on any atom is 0.327 e. The Labute approximate surface area is 162 Å². The summed E-state index contributed by atoms with van der Waals surface area (Å²) >= 11 is 0. The summed E-state index contributed by atoms with van der Waals surface area (Å²) in [5, 5.41) is 0. The number of urea groups is 1. The van der Waals surface area contributed by atoms with Crippen LogP contribution in [0.4, 0.5) is 4.79 Å². The molecule has 2 atom stereocenters. The van der Waals surface area contributed by atoms with Gasteiger partial charge >= 0.3 is 6.03 Å². The maximum atomic E-state index is 12.9. The van der Waals surface area contributed by atoms with Gasteiger partial charge < -0.3 is 14.5 Å². The molecule has 0 aliphatic carbocycles. The number of likely N-dealkylation sites (tertiary alicyclic amines) is 1. The number of hydrogen-bond acceptors (Lipinski definition) is 4. The third kappa shape index (κ3) is 4.87. The molecule has 148 valence electrons. The number of benzene rings is 1. The lowest BCUT2D eigenvalue weighted by molar-refractivity contribution is -0.128. The largest absolute Gasteiger partial charge is 0.382 e. The molecule has 0 saturated carbocycles. The Morgan fingerprint density at radius 2 is 1.96 bits per heavy atom. The summed E-state index contributed by atoms with van der Waals surface area (Å²) in [6, 6.07) is 9.72. The number of amides is 3. The van der Waals surface area contributed by atoms with Gasteiger partial charge in [-0.25, -0.2) is 4.79 Å². The molecule has 6 heteroatoms. The van der Waals surface area contributed by atoms with E-state index in [4.69, 9.17) is 4.74 Å². The predicted octanol–water partition coefficient (Wildman–Crippen LogP) is 2.59. The van der Waals surface area contributed by atoms with Crippen LogP contribution in [0.25, 0.3) is 0 Å². The highest BCUT2D eigenvalue weighted by Crippen LogP contribution is 2.27. The van der Waals surface area contributed by atoms with Gasteiger partial charge in [-0.2, -0.15) is 0 Å². The number of carbonyl (C=O) groups is 2. The molecule has 1 aromatic rings. The van der Waals surface area contributed by atoms with Crippen molar-refractivity contribution in [2.75, 3.05) is 39.4 Å². The fourth-order valence-corrected chi connectivity index (χ4v) is 4.16. The van der Waals surface area contributed by atoms with Gasteiger partial charge in [0.15, 0.2) is 0 Å². The van der Waals surface area contributed by atoms with E-state index in [-0.39, 0.29) is 30.4 Å². The van der Waals surface area contributed by atoms with Crippen molar-refractivity contribution in [1.82, 2.24) is 14.7 Å². The zero-order valence-corrected chi connectivity index (χ0v) is 16.5. The van der Waals surface area contributed by atoms with Crippen LogP contribution in [0, 0.1) is 5.92 Å². The van der Waals surface area contributed by atoms with E-state index in [9.17, 15) is 9.59 Å². The number of nitrogens with zero attached hydrogens (tertiary/aromatic N) is 3. The molecule has 2 aliphatic rings. The molecule has 2 fully saturated rings. The van der Waals surface area contributed by atoms with Crippen LogP contribution in [0.3, 0.4) is 0 Å². The van der Waals surface area contributed by atoms with Crippen molar-refractivity contribution < 1.29 is 14.3 Å². The summed E-state index contributed by atoms with van der Waals surface area (Å²) in [7, 11) is 0. The summed E-state index contributed by atoms with van der Waals surface area (Å²) in [5.41, 5.74) is 1.05. The molecule has 0 bridgehead atoms. The SMILES string of the molecule is CCOCCCN1CC[C@@H](N2C(=O)CN(Cc3ccccc3)C2=O)[C@@H](C)C1. The molecule has 2 saturated heterocycles. The quantitative estimate of drug-likeness (QED) is 0.519. The van der Waals surface area contributed by atoms with Crippen molar-refractivity contribution in [3.8, 4) is 0 Å². The molecule has 6 nitrogen and oxygen atoms in total. The molecule has 0 unspecified atom stereocenters. The summed E-state index contributed by atoms with van der Waals surface area (Å²) in [5.74, 6) is 0.230. The van der Waals surface area contributed by atoms with Gasteiger partial charge in [0, 0.05) is 45.4 Å². The van der Waals surface area contributed by atoms with Crippen LogP contribution in [0.15, 0.2) is 30.3 Å². The number of ether oxygens (including phenoxy) is 1. The maximum absolute atomic E-state index is 12.9. The Morgan fingerprint density at radius 1 is 1.19 bits per heavy atom. The Balaban J connectivity index is 1.55. The standard InChI is InChI=1S/C21H31N3O3/c1-3-27-13-7-11-22-12-10-19(17(2)14-22)24-20(25)16-23(21(24)26)15-18-8-5-4-6-9-18/h4-6,8-9,17,19H,3,7,10-16H2,1-2H3/t17-,19+/m0/s1. The minimum absolute atomic E-state index is 0.00825. The second kappa shape index (κ2) is 9.33. The summed E-state index contributed by atoms with van der Waals surface area (Å²) in [4.78, 5) is 31.1. The van der Waals surface area contributed by atoms with E-state index < -0.39 is 0 Å². The van der Waals surface area contributed by atoms with Crippen molar-refractivity contribution in [1.29, 1.82) is 0 Å². The van der Waals surface area contributed by atoms with Crippen molar-refractivity contribution >= 4 is 11.9 Å². The number of imide groups is 1. The molecule has 2 aliphatic heterocycles. The molecule has 27 heavy (non-hydrogen) atoms. The topological polar surface area (TPSA) is 53.1 Å². The van der Waals surface area contributed by atoms with E-state index in [0.717, 1.165) is 51.3 Å². The number of hydrogen-bond donors (Lipinski definition) is 0. The molecule has 0 aromatic heterocycles. The van der Waals surface area contributed by atoms with E-state index in [2.05, 4.69) is 11.8 Å². The normalized spacial score (nSPS) is 24.1. The minimum Gasteiger partial charge on any atom is -0.382 e. The van der Waals surface area contributed by atoms with Gasteiger partial charge in [-0.05, 0) is 31.2 Å². The zero-order valence-electron chi connectivity index (χ0n) is 16.5. The Morgan fingerprint density at radius 3 is 2.67 bits per heavy atom. The van der Waals surface area contributed by atoms with Crippen LogP contribution >= 0.6 is 0 Å². The molecule has 1 aromatic carbocycles. The monoisotopic (exact) mass is 373 g/mol. The van der Waals surface area contributed by atoms with Gasteiger partial charge in [-0.3, -0.25) is 9.69 Å². The van der Waals surface area contributed by atoms with Gasteiger partial charge in [0.1, 0.15) is 6.54 Å². The fourth-order valence-electron chi connectivity index (χ4n) is 4.16. The van der Waals surface area contributed by atoms with Gasteiger partial charge in [0.05, 0.1) is 0 Å². The smallest absolute Gasteiger partial charge is 0.327 e. The second-order valence-corrected chi connectivity index (χ2v) is 7.57. The van der Waals surface area contributed by atoms with Gasteiger partial charge in [-0.1, -0.05) is 37.3 Å². The minimum atomic E-state index is -0.134. The van der Waals surface area contributed by atoms with Gasteiger partial charge in [-0.15, -0.1) is 0 Å². The fraction of sp³-hybridized carbons (Fsp3) is 0.619. The number of carbonyl (C=O) groups excluding carboxylic acids is 2. The first-order chi connectivity index (χ1) is 13.1. The third-order valence-electron chi connectivity index (χ3n) is 5.53. The summed E-state index contributed by atoms with van der Waals surface area (Å²) in [6.45, 7) is 9.27. The van der Waals surface area contributed by atoms with Crippen LogP contribution in [-0.4, -0.2) is 72.1 Å². The number of rotatable bonds is 8. The summed E-state index contributed by atoms with van der Waals surface area (Å²) in [6.07, 6.45) is 1.88. The van der Waals surface area contributed by atoms with Crippen LogP contribution in [0.1, 0.15) is 32.3 Å². The van der Waals surface area contributed by atoms with Crippen LogP contribution in [-0.2, 0) is 16.1 Å². The Hall–Kier alpha value is -1.92. The first-order valence-electron chi connectivity index (χ1n) is 10.0. The van der Waals surface area contributed by atoms with Gasteiger partial charge in [0.25, 0.3) is 5.91 Å². The molecule has 3 amide bonds. The third-order valence-corrected chi connectivity index (χ3v) is 5.53. The Bertz CT molecular complexity index is 637. The van der Waals surface area contributed by atoms with E-state index in [1.165, 1.54) is 4.90 Å². The summed E-state index contributed by atoms with van der Waals surface area (Å²) < 4.78 is 5.41. The lowest BCUT2D eigenvalue weighted by Crippen LogP contribution is -2.52. The van der Waals surface area contributed by atoms with Crippen molar-refractivity contribution in [2.45, 2.75) is 39.3 Å². The molecule has 0 spiro atoms. The molecule has 3 rings (SSSR count). The van der Waals surface area contributed by atoms with Crippen LogP contribution < -0.4 is 0 Å². The molecular formula is C21H31N3O3. The van der Waals surface area contributed by atoms with Crippen LogP contribution in [0.5, 0.6) is 0 Å². The molecule has 2 heterocycles. The van der Waals surface area contributed by atoms with E-state index in [0.29, 0.717) is 6.54 Å². The van der Waals surface area contributed by atoms with Crippen molar-refractivity contribution in [3.05, 3.63) is 35.9 Å². The van der Waals surface area contributed by atoms with Gasteiger partial charge in [0.2, 0.25) is 0 Å².